The van der Waals surface area contributed by atoms with Gasteiger partial charge >= 0.3 is 0 Å². The fourth-order valence-electron chi connectivity index (χ4n) is 2.23. The first-order valence-electron chi connectivity index (χ1n) is 6.77. The third kappa shape index (κ3) is 4.29. The van der Waals surface area contributed by atoms with E-state index in [2.05, 4.69) is 47.1 Å². The largest absolute Gasteiger partial charge is 0.379 e. The van der Waals surface area contributed by atoms with E-state index in [9.17, 15) is 0 Å². The van der Waals surface area contributed by atoms with Gasteiger partial charge < -0.3 is 10.1 Å². The van der Waals surface area contributed by atoms with Crippen LogP contribution in [0.1, 0.15) is 38.6 Å². The molecule has 0 bridgehead atoms. The Balaban J connectivity index is 2.84. The smallest absolute Gasteiger partial charge is 0.0766 e. The molecule has 0 aliphatic carbocycles. The maximum atomic E-state index is 5.52. The Morgan fingerprint density at radius 3 is 2.53 bits per heavy atom. The van der Waals surface area contributed by atoms with Crippen LogP contribution >= 0.6 is 15.9 Å². The molecule has 1 rings (SSSR count). The Hall–Kier alpha value is -0.390. The molecule has 0 amide bonds. The van der Waals surface area contributed by atoms with Crippen molar-refractivity contribution in [3.05, 3.63) is 15.9 Å². The molecule has 0 radical (unpaired) electrons. The third-order valence-corrected chi connectivity index (χ3v) is 4.56. The summed E-state index contributed by atoms with van der Waals surface area (Å²) < 4.78 is 8.65. The summed E-state index contributed by atoms with van der Waals surface area (Å²) in [6, 6.07) is 0.367. The molecular weight excluding hydrogens is 306 g/mol. The monoisotopic (exact) mass is 331 g/mol. The quantitative estimate of drug-likeness (QED) is 0.834. The Morgan fingerprint density at radius 1 is 1.47 bits per heavy atom. The minimum Gasteiger partial charge on any atom is -0.379 e. The van der Waals surface area contributed by atoms with E-state index in [0.717, 1.165) is 29.4 Å². The number of halogens is 1. The average molecular weight is 332 g/mol. The van der Waals surface area contributed by atoms with Crippen LogP contribution in [0.25, 0.3) is 0 Å². The van der Waals surface area contributed by atoms with Gasteiger partial charge in [-0.2, -0.15) is 5.10 Å². The topological polar surface area (TPSA) is 39.1 Å². The first-order chi connectivity index (χ1) is 8.84. The molecule has 1 aromatic rings. The molecule has 0 fully saturated rings. The standard InChI is InChI=1S/C14H26BrN3O/c1-7-11-13(15)12(18(5)17-11)8-10(16-4)9-14(2,3)19-6/h10,16H,7-9H2,1-6H3. The maximum absolute atomic E-state index is 5.52. The lowest BCUT2D eigenvalue weighted by atomic mass is 9.95. The summed E-state index contributed by atoms with van der Waals surface area (Å²) in [6.07, 6.45) is 2.84. The second-order valence-corrected chi connectivity index (χ2v) is 6.34. The summed E-state index contributed by atoms with van der Waals surface area (Å²) >= 11 is 3.67. The number of hydrogen-bond donors (Lipinski definition) is 1. The lowest BCUT2D eigenvalue weighted by Crippen LogP contribution is -2.37. The SMILES string of the molecule is CCc1nn(C)c(CC(CC(C)(C)OC)NC)c1Br. The van der Waals surface area contributed by atoms with E-state index >= 15 is 0 Å². The first-order valence-corrected chi connectivity index (χ1v) is 7.56. The van der Waals surface area contributed by atoms with Crippen molar-refractivity contribution in [1.82, 2.24) is 15.1 Å². The molecule has 1 atom stereocenters. The summed E-state index contributed by atoms with van der Waals surface area (Å²) in [6.45, 7) is 6.36. The molecule has 4 nitrogen and oxygen atoms in total. The summed E-state index contributed by atoms with van der Waals surface area (Å²) in [5.41, 5.74) is 2.24. The molecule has 5 heteroatoms. The predicted molar refractivity (Wildman–Crippen MR) is 82.5 cm³/mol. The van der Waals surface area contributed by atoms with Crippen LogP contribution in [0.3, 0.4) is 0 Å². The van der Waals surface area contributed by atoms with Crippen LogP contribution in [-0.4, -0.2) is 35.6 Å². The van der Waals surface area contributed by atoms with Crippen LogP contribution in [0, 0.1) is 0 Å². The van der Waals surface area contributed by atoms with E-state index in [1.165, 1.54) is 5.69 Å². The highest BCUT2D eigenvalue weighted by Gasteiger charge is 2.24. The number of aryl methyl sites for hydroxylation is 2. The number of nitrogens with zero attached hydrogens (tertiary/aromatic N) is 2. The Kier molecular flexibility index (Phi) is 6.02. The van der Waals surface area contributed by atoms with Crippen LogP contribution in [0.2, 0.25) is 0 Å². The molecule has 1 N–H and O–H groups in total. The van der Waals surface area contributed by atoms with Crippen LogP contribution in [0.4, 0.5) is 0 Å². The molecule has 1 aromatic heterocycles. The van der Waals surface area contributed by atoms with Crippen molar-refractivity contribution in [2.75, 3.05) is 14.2 Å². The minimum absolute atomic E-state index is 0.119. The van der Waals surface area contributed by atoms with Gasteiger partial charge in [0.05, 0.1) is 21.5 Å². The van der Waals surface area contributed by atoms with E-state index in [0.29, 0.717) is 6.04 Å². The number of nitrogens with one attached hydrogen (secondary N) is 1. The molecule has 0 aliphatic heterocycles. The van der Waals surface area contributed by atoms with Crippen molar-refractivity contribution in [3.8, 4) is 0 Å². The van der Waals surface area contributed by atoms with Gasteiger partial charge in [-0.05, 0) is 49.7 Å². The van der Waals surface area contributed by atoms with E-state index in [1.807, 2.05) is 18.8 Å². The Bertz CT molecular complexity index is 415. The molecule has 0 aromatic carbocycles. The molecular formula is C14H26BrN3O. The van der Waals surface area contributed by atoms with Crippen LogP contribution in [0.15, 0.2) is 4.47 Å². The number of likely N-dealkylation sites (N-methyl/N-ethyl adjacent to an activating group) is 1. The number of rotatable bonds is 7. The van der Waals surface area contributed by atoms with Gasteiger partial charge in [0.15, 0.2) is 0 Å². The summed E-state index contributed by atoms with van der Waals surface area (Å²) in [5, 5.41) is 7.92. The lowest BCUT2D eigenvalue weighted by Gasteiger charge is -2.28. The second kappa shape index (κ2) is 6.86. The van der Waals surface area contributed by atoms with Gasteiger partial charge in [0.25, 0.3) is 0 Å². The zero-order valence-electron chi connectivity index (χ0n) is 12.9. The van der Waals surface area contributed by atoms with Gasteiger partial charge in [0.2, 0.25) is 0 Å². The van der Waals surface area contributed by atoms with E-state index in [4.69, 9.17) is 4.74 Å². The minimum atomic E-state index is -0.119. The van der Waals surface area contributed by atoms with Crippen LogP contribution in [-0.2, 0) is 24.6 Å². The Morgan fingerprint density at radius 2 is 2.11 bits per heavy atom. The third-order valence-electron chi connectivity index (χ3n) is 3.64. The number of methoxy groups -OCH3 is 1. The summed E-state index contributed by atoms with van der Waals surface area (Å²) in [5.74, 6) is 0. The predicted octanol–water partition coefficient (Wildman–Crippen LogP) is 2.69. The zero-order chi connectivity index (χ0) is 14.6. The van der Waals surface area contributed by atoms with Crippen molar-refractivity contribution in [2.24, 2.45) is 7.05 Å². The number of ether oxygens (including phenoxy) is 1. The normalized spacial score (nSPS) is 13.8. The van der Waals surface area contributed by atoms with Gasteiger partial charge in [-0.15, -0.1) is 0 Å². The van der Waals surface area contributed by atoms with Crippen molar-refractivity contribution >= 4 is 15.9 Å². The summed E-state index contributed by atoms with van der Waals surface area (Å²) in [7, 11) is 5.77. The molecule has 19 heavy (non-hydrogen) atoms. The highest BCUT2D eigenvalue weighted by atomic mass is 79.9. The molecule has 1 heterocycles. The first kappa shape index (κ1) is 16.7. The van der Waals surface area contributed by atoms with E-state index in [1.54, 1.807) is 7.11 Å². The summed E-state index contributed by atoms with van der Waals surface area (Å²) in [4.78, 5) is 0. The molecule has 0 spiro atoms. The van der Waals surface area contributed by atoms with E-state index < -0.39 is 0 Å². The number of aromatic nitrogens is 2. The van der Waals surface area contributed by atoms with Crippen molar-refractivity contribution in [1.29, 1.82) is 0 Å². The fraction of sp³-hybridized carbons (Fsp3) is 0.786. The maximum Gasteiger partial charge on any atom is 0.0766 e. The fourth-order valence-corrected chi connectivity index (χ4v) is 3.01. The van der Waals surface area contributed by atoms with Crippen LogP contribution in [0.5, 0.6) is 0 Å². The second-order valence-electron chi connectivity index (χ2n) is 5.54. The van der Waals surface area contributed by atoms with E-state index in [-0.39, 0.29) is 5.60 Å². The molecule has 0 saturated heterocycles. The van der Waals surface area contributed by atoms with Crippen molar-refractivity contribution in [3.63, 3.8) is 0 Å². The number of hydrogen-bond acceptors (Lipinski definition) is 3. The lowest BCUT2D eigenvalue weighted by molar-refractivity contribution is 0.00758. The zero-order valence-corrected chi connectivity index (χ0v) is 14.5. The van der Waals surface area contributed by atoms with Gasteiger partial charge in [0, 0.05) is 26.6 Å². The van der Waals surface area contributed by atoms with Gasteiger partial charge in [-0.25, -0.2) is 0 Å². The van der Waals surface area contributed by atoms with Gasteiger partial charge in [-0.1, -0.05) is 6.92 Å². The Labute approximate surface area is 125 Å². The molecule has 0 aliphatic rings. The highest BCUT2D eigenvalue weighted by Crippen LogP contribution is 2.25. The van der Waals surface area contributed by atoms with Crippen molar-refractivity contribution in [2.45, 2.75) is 51.7 Å². The van der Waals surface area contributed by atoms with Crippen molar-refractivity contribution < 1.29 is 4.74 Å². The van der Waals surface area contributed by atoms with Crippen LogP contribution < -0.4 is 5.32 Å². The van der Waals surface area contributed by atoms with Gasteiger partial charge in [-0.3, -0.25) is 4.68 Å². The highest BCUT2D eigenvalue weighted by molar-refractivity contribution is 9.10. The molecule has 110 valence electrons. The van der Waals surface area contributed by atoms with Gasteiger partial charge in [0.1, 0.15) is 0 Å². The molecule has 1 unspecified atom stereocenters. The molecule has 0 saturated carbocycles. The average Bonchev–Trinajstić information content (AvgIpc) is 2.64.